The topological polar surface area (TPSA) is 9.23 Å². The molecule has 0 radical (unpaired) electrons. The molecule has 0 aromatic heterocycles. The molecule has 1 aromatic carbocycles. The van der Waals surface area contributed by atoms with Crippen LogP contribution in [0, 0.1) is 17.6 Å². The lowest BCUT2D eigenvalue weighted by molar-refractivity contribution is 0.314. The van der Waals surface area contributed by atoms with Crippen molar-refractivity contribution in [3.8, 4) is 5.75 Å². The standard InChI is InChI=1S/C18H22F2O/c1-3-5-13-6-8-14(9-7-13)12-15-10-11-16(21-4-2)18(20)17(15)19/h3,5,10-13H,4,6-9H2,1-2H3/b5-3+,14-12?. The van der Waals surface area contributed by atoms with E-state index >= 15 is 0 Å². The quantitative estimate of drug-likeness (QED) is 0.664. The van der Waals surface area contributed by atoms with Crippen molar-refractivity contribution < 1.29 is 13.5 Å². The van der Waals surface area contributed by atoms with Crippen LogP contribution < -0.4 is 4.74 Å². The highest BCUT2D eigenvalue weighted by Crippen LogP contribution is 2.32. The van der Waals surface area contributed by atoms with Gasteiger partial charge < -0.3 is 4.74 Å². The van der Waals surface area contributed by atoms with E-state index < -0.39 is 11.6 Å². The van der Waals surface area contributed by atoms with Gasteiger partial charge in [0.2, 0.25) is 5.82 Å². The van der Waals surface area contributed by atoms with Crippen LogP contribution in [0.25, 0.3) is 6.08 Å². The summed E-state index contributed by atoms with van der Waals surface area (Å²) in [6, 6.07) is 3.09. The molecule has 114 valence electrons. The minimum atomic E-state index is -0.895. The number of rotatable bonds is 4. The third kappa shape index (κ3) is 3.93. The molecule has 1 saturated carbocycles. The normalized spacial score (nSPS) is 19.0. The second-order valence-electron chi connectivity index (χ2n) is 5.38. The van der Waals surface area contributed by atoms with Gasteiger partial charge >= 0.3 is 0 Å². The first-order chi connectivity index (χ1) is 10.2. The molecule has 0 bridgehead atoms. The predicted molar refractivity (Wildman–Crippen MR) is 82.3 cm³/mol. The Morgan fingerprint density at radius 2 is 1.90 bits per heavy atom. The van der Waals surface area contributed by atoms with E-state index in [1.165, 1.54) is 11.6 Å². The van der Waals surface area contributed by atoms with Crippen molar-refractivity contribution in [3.05, 3.63) is 47.1 Å². The number of allylic oxidation sites excluding steroid dienone is 3. The van der Waals surface area contributed by atoms with Crippen LogP contribution in [0.2, 0.25) is 0 Å². The van der Waals surface area contributed by atoms with Crippen LogP contribution in [0.15, 0.2) is 29.9 Å². The van der Waals surface area contributed by atoms with E-state index in [-0.39, 0.29) is 5.75 Å². The van der Waals surface area contributed by atoms with Crippen molar-refractivity contribution in [2.75, 3.05) is 6.61 Å². The van der Waals surface area contributed by atoms with Gasteiger partial charge in [0.05, 0.1) is 6.61 Å². The molecule has 0 amide bonds. The van der Waals surface area contributed by atoms with Crippen molar-refractivity contribution in [1.82, 2.24) is 0 Å². The van der Waals surface area contributed by atoms with Gasteiger partial charge in [0.25, 0.3) is 0 Å². The number of hydrogen-bond acceptors (Lipinski definition) is 1. The highest BCUT2D eigenvalue weighted by atomic mass is 19.2. The van der Waals surface area contributed by atoms with E-state index in [4.69, 9.17) is 4.74 Å². The van der Waals surface area contributed by atoms with E-state index in [0.29, 0.717) is 18.1 Å². The highest BCUT2D eigenvalue weighted by Gasteiger charge is 2.17. The van der Waals surface area contributed by atoms with Gasteiger partial charge in [0, 0.05) is 5.56 Å². The first kappa shape index (κ1) is 15.7. The predicted octanol–water partition coefficient (Wildman–Crippen LogP) is 5.51. The first-order valence-electron chi connectivity index (χ1n) is 7.58. The molecule has 3 heteroatoms. The van der Waals surface area contributed by atoms with E-state index in [1.807, 2.05) is 6.92 Å². The van der Waals surface area contributed by atoms with Crippen molar-refractivity contribution >= 4 is 6.08 Å². The van der Waals surface area contributed by atoms with E-state index in [0.717, 1.165) is 25.7 Å². The van der Waals surface area contributed by atoms with Gasteiger partial charge in [-0.25, -0.2) is 4.39 Å². The Bertz CT molecular complexity index is 536. The molecule has 21 heavy (non-hydrogen) atoms. The van der Waals surface area contributed by atoms with Gasteiger partial charge in [-0.1, -0.05) is 23.8 Å². The summed E-state index contributed by atoms with van der Waals surface area (Å²) in [7, 11) is 0. The molecule has 0 N–H and O–H groups in total. The van der Waals surface area contributed by atoms with Crippen LogP contribution in [0.4, 0.5) is 8.78 Å². The average Bonchev–Trinajstić information content (AvgIpc) is 2.49. The molecule has 0 saturated heterocycles. The van der Waals surface area contributed by atoms with Crippen LogP contribution in [0.5, 0.6) is 5.75 Å². The zero-order valence-corrected chi connectivity index (χ0v) is 12.7. The Labute approximate surface area is 125 Å². The second-order valence-corrected chi connectivity index (χ2v) is 5.38. The summed E-state index contributed by atoms with van der Waals surface area (Å²) in [6.45, 7) is 4.10. The summed E-state index contributed by atoms with van der Waals surface area (Å²) in [5.41, 5.74) is 1.51. The molecular formula is C18H22F2O. The lowest BCUT2D eigenvalue weighted by Crippen LogP contribution is -2.05. The third-order valence-corrected chi connectivity index (χ3v) is 3.87. The Hall–Kier alpha value is -1.64. The molecular weight excluding hydrogens is 270 g/mol. The van der Waals surface area contributed by atoms with Gasteiger partial charge in [0.1, 0.15) is 0 Å². The van der Waals surface area contributed by atoms with E-state index in [1.54, 1.807) is 19.1 Å². The molecule has 1 fully saturated rings. The van der Waals surface area contributed by atoms with Gasteiger partial charge in [0.15, 0.2) is 11.6 Å². The minimum Gasteiger partial charge on any atom is -0.491 e. The fourth-order valence-electron chi connectivity index (χ4n) is 2.76. The lowest BCUT2D eigenvalue weighted by atomic mass is 9.85. The van der Waals surface area contributed by atoms with E-state index in [9.17, 15) is 8.78 Å². The van der Waals surface area contributed by atoms with Crippen LogP contribution in [0.3, 0.4) is 0 Å². The fourth-order valence-corrected chi connectivity index (χ4v) is 2.76. The summed E-state index contributed by atoms with van der Waals surface area (Å²) in [6.07, 6.45) is 10.2. The molecule has 0 unspecified atom stereocenters. The van der Waals surface area contributed by atoms with Crippen LogP contribution in [0.1, 0.15) is 45.1 Å². The maximum absolute atomic E-state index is 14.0. The van der Waals surface area contributed by atoms with E-state index in [2.05, 4.69) is 12.2 Å². The van der Waals surface area contributed by atoms with Crippen molar-refractivity contribution in [2.45, 2.75) is 39.5 Å². The van der Waals surface area contributed by atoms with Gasteiger partial charge in [-0.2, -0.15) is 4.39 Å². The molecule has 2 rings (SSSR count). The number of hydrogen-bond donors (Lipinski definition) is 0. The van der Waals surface area contributed by atoms with Crippen LogP contribution in [-0.2, 0) is 0 Å². The van der Waals surface area contributed by atoms with Crippen LogP contribution in [-0.4, -0.2) is 6.61 Å². The van der Waals surface area contributed by atoms with Crippen molar-refractivity contribution in [2.24, 2.45) is 5.92 Å². The monoisotopic (exact) mass is 292 g/mol. The average molecular weight is 292 g/mol. The van der Waals surface area contributed by atoms with Gasteiger partial charge in [-0.15, -0.1) is 0 Å². The Morgan fingerprint density at radius 3 is 2.52 bits per heavy atom. The number of halogens is 2. The summed E-state index contributed by atoms with van der Waals surface area (Å²) in [4.78, 5) is 0. The molecule has 0 heterocycles. The van der Waals surface area contributed by atoms with Gasteiger partial charge in [-0.3, -0.25) is 0 Å². The molecule has 1 aromatic rings. The molecule has 1 aliphatic rings. The Balaban J connectivity index is 2.13. The summed E-state index contributed by atoms with van der Waals surface area (Å²) in [5, 5.41) is 0. The molecule has 0 atom stereocenters. The lowest BCUT2D eigenvalue weighted by Gasteiger charge is -2.21. The molecule has 1 nitrogen and oxygen atoms in total. The van der Waals surface area contributed by atoms with Crippen molar-refractivity contribution in [1.29, 1.82) is 0 Å². The fraction of sp³-hybridized carbons (Fsp3) is 0.444. The maximum Gasteiger partial charge on any atom is 0.201 e. The third-order valence-electron chi connectivity index (χ3n) is 3.87. The smallest absolute Gasteiger partial charge is 0.201 e. The summed E-state index contributed by atoms with van der Waals surface area (Å²) >= 11 is 0. The molecule has 0 aliphatic heterocycles. The highest BCUT2D eigenvalue weighted by molar-refractivity contribution is 5.55. The zero-order chi connectivity index (χ0) is 15.2. The number of benzene rings is 1. The van der Waals surface area contributed by atoms with Crippen molar-refractivity contribution in [3.63, 3.8) is 0 Å². The summed E-state index contributed by atoms with van der Waals surface area (Å²) in [5.74, 6) is -1.11. The zero-order valence-electron chi connectivity index (χ0n) is 12.7. The first-order valence-corrected chi connectivity index (χ1v) is 7.58. The van der Waals surface area contributed by atoms with Crippen LogP contribution >= 0.6 is 0 Å². The summed E-state index contributed by atoms with van der Waals surface area (Å²) < 4.78 is 32.9. The number of ether oxygens (including phenoxy) is 1. The maximum atomic E-state index is 14.0. The molecule has 1 aliphatic carbocycles. The molecule has 0 spiro atoms. The Kier molecular flexibility index (Phi) is 5.54. The Morgan fingerprint density at radius 1 is 1.19 bits per heavy atom. The minimum absolute atomic E-state index is 0.0195. The largest absolute Gasteiger partial charge is 0.491 e. The second kappa shape index (κ2) is 7.39. The van der Waals surface area contributed by atoms with Gasteiger partial charge in [-0.05, 0) is 57.6 Å². The SMILES string of the molecule is C/C=C/C1CCC(=Cc2ccc(OCC)c(F)c2F)CC1.